The number of benzene rings is 1. The van der Waals surface area contributed by atoms with Crippen LogP contribution in [0.25, 0.3) is 11.5 Å². The fraction of sp³-hybridized carbons (Fsp3) is 0.389. The third-order valence-electron chi connectivity index (χ3n) is 4.96. The third-order valence-corrected chi connectivity index (χ3v) is 5.78. The summed E-state index contributed by atoms with van der Waals surface area (Å²) in [4.78, 5) is 15.2. The van der Waals surface area contributed by atoms with Gasteiger partial charge in [0.05, 0.1) is 11.6 Å². The predicted octanol–water partition coefficient (Wildman–Crippen LogP) is 2.65. The van der Waals surface area contributed by atoms with Crippen LogP contribution in [-0.2, 0) is 0 Å². The first-order valence-electron chi connectivity index (χ1n) is 9.00. The second kappa shape index (κ2) is 6.86. The van der Waals surface area contributed by atoms with Crippen LogP contribution in [0.15, 0.2) is 22.6 Å². The largest absolute Gasteiger partial charge is 0.454 e. The molecule has 9 nitrogen and oxygen atoms in total. The van der Waals surface area contributed by atoms with Gasteiger partial charge in [-0.1, -0.05) is 4.49 Å². The van der Waals surface area contributed by atoms with Gasteiger partial charge in [-0.15, -0.1) is 15.3 Å². The van der Waals surface area contributed by atoms with Crippen molar-refractivity contribution in [2.75, 3.05) is 19.9 Å². The summed E-state index contributed by atoms with van der Waals surface area (Å²) in [5.74, 6) is 2.32. The van der Waals surface area contributed by atoms with E-state index < -0.39 is 0 Å². The Hall–Kier alpha value is -3.01. The molecule has 1 saturated heterocycles. The summed E-state index contributed by atoms with van der Waals surface area (Å²) < 4.78 is 20.5. The molecule has 0 spiro atoms. The smallest absolute Gasteiger partial charge is 0.267 e. The van der Waals surface area contributed by atoms with E-state index in [9.17, 15) is 4.79 Å². The first-order valence-corrected chi connectivity index (χ1v) is 9.78. The number of hydrogen-bond acceptors (Lipinski definition) is 9. The van der Waals surface area contributed by atoms with E-state index in [0.717, 1.165) is 29.9 Å². The van der Waals surface area contributed by atoms with Gasteiger partial charge in [0.25, 0.3) is 5.91 Å². The topological polar surface area (TPSA) is 103 Å². The molecule has 1 fully saturated rings. The molecule has 2 aliphatic rings. The Morgan fingerprint density at radius 3 is 2.96 bits per heavy atom. The number of rotatable bonds is 3. The summed E-state index contributed by atoms with van der Waals surface area (Å²) in [6, 6.07) is 5.52. The van der Waals surface area contributed by atoms with E-state index in [4.69, 9.17) is 13.9 Å². The number of amides is 1. The van der Waals surface area contributed by atoms with Crippen molar-refractivity contribution in [2.45, 2.75) is 25.7 Å². The molecular formula is C18H17N5O4S. The Morgan fingerprint density at radius 2 is 2.11 bits per heavy atom. The molecule has 1 atom stereocenters. The first-order chi connectivity index (χ1) is 13.7. The number of aryl methyl sites for hydroxylation is 1. The molecular weight excluding hydrogens is 382 g/mol. The highest BCUT2D eigenvalue weighted by Crippen LogP contribution is 2.36. The molecule has 0 aliphatic carbocycles. The van der Waals surface area contributed by atoms with Gasteiger partial charge in [0.1, 0.15) is 4.88 Å². The number of fused-ring (bicyclic) bond motifs is 1. The molecule has 0 N–H and O–H groups in total. The van der Waals surface area contributed by atoms with Crippen molar-refractivity contribution in [3.63, 3.8) is 0 Å². The molecule has 144 valence electrons. The maximum absolute atomic E-state index is 12.8. The number of ether oxygens (including phenoxy) is 2. The van der Waals surface area contributed by atoms with Crippen molar-refractivity contribution >= 4 is 17.4 Å². The maximum atomic E-state index is 12.8. The maximum Gasteiger partial charge on any atom is 0.267 e. The normalized spacial score (nSPS) is 18.5. The van der Waals surface area contributed by atoms with Gasteiger partial charge in [0.2, 0.25) is 18.6 Å². The zero-order valence-corrected chi connectivity index (χ0v) is 15.9. The minimum absolute atomic E-state index is 0.00847. The Balaban J connectivity index is 1.34. The molecule has 2 aromatic heterocycles. The second-order valence-corrected chi connectivity index (χ2v) is 7.55. The van der Waals surface area contributed by atoms with Crippen LogP contribution < -0.4 is 9.47 Å². The average Bonchev–Trinajstić information content (AvgIpc) is 3.47. The van der Waals surface area contributed by atoms with Gasteiger partial charge in [-0.2, -0.15) is 0 Å². The van der Waals surface area contributed by atoms with Gasteiger partial charge in [-0.05, 0) is 49.5 Å². The number of likely N-dealkylation sites (tertiary alicyclic amines) is 1. The molecule has 0 bridgehead atoms. The SMILES string of the molecule is Cc1nnsc1C(=O)N1CCC[C@H](c2nnc(-c3ccc4c(c3)OCO4)o2)C1. The van der Waals surface area contributed by atoms with Crippen LogP contribution in [0.1, 0.15) is 40.0 Å². The van der Waals surface area contributed by atoms with E-state index in [-0.39, 0.29) is 18.6 Å². The predicted molar refractivity (Wildman–Crippen MR) is 98.4 cm³/mol. The summed E-state index contributed by atoms with van der Waals surface area (Å²) in [5.41, 5.74) is 1.44. The molecule has 0 unspecified atom stereocenters. The van der Waals surface area contributed by atoms with E-state index in [1.807, 2.05) is 23.1 Å². The summed E-state index contributed by atoms with van der Waals surface area (Å²) >= 11 is 1.13. The van der Waals surface area contributed by atoms with Crippen LogP contribution in [0.4, 0.5) is 0 Å². The van der Waals surface area contributed by atoms with E-state index in [1.165, 1.54) is 0 Å². The van der Waals surface area contributed by atoms with Crippen LogP contribution in [0, 0.1) is 6.92 Å². The lowest BCUT2D eigenvalue weighted by Gasteiger charge is -2.30. The highest BCUT2D eigenvalue weighted by atomic mass is 32.1. The van der Waals surface area contributed by atoms with Gasteiger partial charge >= 0.3 is 0 Å². The van der Waals surface area contributed by atoms with Gasteiger partial charge in [-0.25, -0.2) is 0 Å². The zero-order chi connectivity index (χ0) is 19.1. The Morgan fingerprint density at radius 1 is 1.21 bits per heavy atom. The van der Waals surface area contributed by atoms with Gasteiger partial charge < -0.3 is 18.8 Å². The summed E-state index contributed by atoms with van der Waals surface area (Å²) in [7, 11) is 0. The molecule has 1 amide bonds. The fourth-order valence-corrected chi connectivity index (χ4v) is 4.11. The lowest BCUT2D eigenvalue weighted by molar-refractivity contribution is 0.0702. The molecule has 10 heteroatoms. The highest BCUT2D eigenvalue weighted by Gasteiger charge is 2.30. The minimum Gasteiger partial charge on any atom is -0.454 e. The van der Waals surface area contributed by atoms with E-state index in [2.05, 4.69) is 19.8 Å². The van der Waals surface area contributed by atoms with Crippen molar-refractivity contribution in [2.24, 2.45) is 0 Å². The second-order valence-electron chi connectivity index (χ2n) is 6.79. The Bertz CT molecular complexity index is 1030. The number of aromatic nitrogens is 4. The van der Waals surface area contributed by atoms with Crippen molar-refractivity contribution in [1.29, 1.82) is 0 Å². The monoisotopic (exact) mass is 399 g/mol. The average molecular weight is 399 g/mol. The summed E-state index contributed by atoms with van der Waals surface area (Å²) in [6.45, 7) is 3.26. The molecule has 5 rings (SSSR count). The van der Waals surface area contributed by atoms with Gasteiger partial charge in [-0.3, -0.25) is 4.79 Å². The van der Waals surface area contributed by atoms with E-state index in [1.54, 1.807) is 6.92 Å². The number of carbonyl (C=O) groups is 1. The number of nitrogens with zero attached hydrogens (tertiary/aromatic N) is 5. The lowest BCUT2D eigenvalue weighted by Crippen LogP contribution is -2.39. The van der Waals surface area contributed by atoms with Crippen LogP contribution in [0.3, 0.4) is 0 Å². The van der Waals surface area contributed by atoms with E-state index >= 15 is 0 Å². The Kier molecular flexibility index (Phi) is 4.19. The molecule has 0 saturated carbocycles. The summed E-state index contributed by atoms with van der Waals surface area (Å²) in [5, 5.41) is 12.4. The molecule has 0 radical (unpaired) electrons. The van der Waals surface area contributed by atoms with Crippen molar-refractivity contribution < 1.29 is 18.7 Å². The lowest BCUT2D eigenvalue weighted by atomic mass is 9.98. The molecule has 4 heterocycles. The molecule has 2 aliphatic heterocycles. The van der Waals surface area contributed by atoms with Crippen LogP contribution >= 0.6 is 11.5 Å². The van der Waals surface area contributed by atoms with Crippen LogP contribution in [0.2, 0.25) is 0 Å². The number of carbonyl (C=O) groups excluding carboxylic acids is 1. The Labute approximate surface area is 164 Å². The fourth-order valence-electron chi connectivity index (χ4n) is 3.48. The molecule has 3 aromatic rings. The van der Waals surface area contributed by atoms with Crippen LogP contribution in [0.5, 0.6) is 11.5 Å². The standard InChI is InChI=1S/C18H17N5O4S/c1-10-15(28-22-19-10)18(24)23-6-2-3-12(8-23)17-21-20-16(27-17)11-4-5-13-14(7-11)26-9-25-13/h4-5,7,12H,2-3,6,8-9H2,1H3/t12-/m0/s1. The molecule has 28 heavy (non-hydrogen) atoms. The van der Waals surface area contributed by atoms with Crippen molar-refractivity contribution in [1.82, 2.24) is 24.7 Å². The van der Waals surface area contributed by atoms with Gasteiger partial charge in [0.15, 0.2) is 11.5 Å². The van der Waals surface area contributed by atoms with E-state index in [0.29, 0.717) is 46.9 Å². The highest BCUT2D eigenvalue weighted by molar-refractivity contribution is 7.07. The summed E-state index contributed by atoms with van der Waals surface area (Å²) in [6.07, 6.45) is 1.77. The first kappa shape index (κ1) is 17.1. The van der Waals surface area contributed by atoms with Gasteiger partial charge in [0, 0.05) is 18.7 Å². The van der Waals surface area contributed by atoms with Crippen LogP contribution in [-0.4, -0.2) is 50.5 Å². The minimum atomic E-state index is -0.0345. The quantitative estimate of drug-likeness (QED) is 0.662. The number of piperidine rings is 1. The van der Waals surface area contributed by atoms with Crippen molar-refractivity contribution in [3.05, 3.63) is 34.7 Å². The van der Waals surface area contributed by atoms with Crippen molar-refractivity contribution in [3.8, 4) is 23.0 Å². The third kappa shape index (κ3) is 2.99. The molecule has 1 aromatic carbocycles. The zero-order valence-electron chi connectivity index (χ0n) is 15.1. The number of hydrogen-bond donors (Lipinski definition) is 0.